The lowest BCUT2D eigenvalue weighted by Crippen LogP contribution is -2.40. The number of pyridine rings is 1. The number of furan rings is 1. The van der Waals surface area contributed by atoms with Crippen LogP contribution in [0.2, 0.25) is 0 Å². The third-order valence-corrected chi connectivity index (χ3v) is 5.05. The van der Waals surface area contributed by atoms with Crippen molar-refractivity contribution in [3.63, 3.8) is 0 Å². The summed E-state index contributed by atoms with van der Waals surface area (Å²) in [5, 5.41) is 2.27. The number of amides is 1. The molecule has 2 aromatic heterocycles. The highest BCUT2D eigenvalue weighted by atomic mass is 32.2. The zero-order valence-corrected chi connectivity index (χ0v) is 13.0. The predicted octanol–water partition coefficient (Wildman–Crippen LogP) is 0.948. The van der Waals surface area contributed by atoms with Crippen LogP contribution >= 0.6 is 0 Å². The highest BCUT2D eigenvalue weighted by Gasteiger charge is 2.30. The van der Waals surface area contributed by atoms with Crippen LogP contribution in [-0.4, -0.2) is 49.9 Å². The van der Waals surface area contributed by atoms with Gasteiger partial charge in [-0.3, -0.25) is 4.79 Å². The van der Waals surface area contributed by atoms with Crippen LogP contribution in [-0.2, 0) is 14.8 Å². The maximum atomic E-state index is 12.4. The Morgan fingerprint density at radius 3 is 2.65 bits per heavy atom. The van der Waals surface area contributed by atoms with Crippen molar-refractivity contribution in [3.8, 4) is 0 Å². The minimum Gasteiger partial charge on any atom is -0.438 e. The van der Waals surface area contributed by atoms with Crippen LogP contribution in [0.4, 0.5) is 5.82 Å². The van der Waals surface area contributed by atoms with Crippen molar-refractivity contribution in [2.24, 2.45) is 0 Å². The molecule has 0 radical (unpaired) electrons. The standard InChI is InChI=1S/C14H15N3O5S/c18-14(16-12-3-1-2-6-15-12)11-4-5-13(22-11)23(19,20)17-7-9-21-10-8-17/h1-6H,7-10H2,(H,15,16,18). The van der Waals surface area contributed by atoms with E-state index in [2.05, 4.69) is 10.3 Å². The SMILES string of the molecule is O=C(Nc1ccccn1)c1ccc(S(=O)(=O)N2CCOCC2)o1. The number of carbonyl (C=O) groups is 1. The van der Waals surface area contributed by atoms with Gasteiger partial charge in [-0.25, -0.2) is 13.4 Å². The summed E-state index contributed by atoms with van der Waals surface area (Å²) in [5.74, 6) is -0.305. The normalized spacial score (nSPS) is 16.2. The number of anilines is 1. The molecular weight excluding hydrogens is 322 g/mol. The summed E-state index contributed by atoms with van der Waals surface area (Å²) in [4.78, 5) is 16.0. The number of sulfonamides is 1. The first-order valence-electron chi connectivity index (χ1n) is 6.97. The van der Waals surface area contributed by atoms with Gasteiger partial charge >= 0.3 is 0 Å². The summed E-state index contributed by atoms with van der Waals surface area (Å²) >= 11 is 0. The number of nitrogens with zero attached hydrogens (tertiary/aromatic N) is 2. The van der Waals surface area contributed by atoms with Gasteiger partial charge in [-0.05, 0) is 24.3 Å². The Kier molecular flexibility index (Phi) is 4.42. The molecule has 0 atom stereocenters. The summed E-state index contributed by atoms with van der Waals surface area (Å²) in [7, 11) is -3.76. The number of morpholine rings is 1. The van der Waals surface area contributed by atoms with Crippen molar-refractivity contribution in [1.29, 1.82) is 0 Å². The van der Waals surface area contributed by atoms with Crippen LogP contribution in [0.25, 0.3) is 0 Å². The zero-order valence-electron chi connectivity index (χ0n) is 12.1. The molecule has 0 spiro atoms. The molecule has 1 saturated heterocycles. The van der Waals surface area contributed by atoms with E-state index in [1.807, 2.05) is 0 Å². The van der Waals surface area contributed by atoms with Gasteiger partial charge in [0.1, 0.15) is 5.82 Å². The molecule has 8 nitrogen and oxygen atoms in total. The fourth-order valence-corrected chi connectivity index (χ4v) is 3.43. The second-order valence-electron chi connectivity index (χ2n) is 4.80. The second kappa shape index (κ2) is 6.49. The molecule has 2 aromatic rings. The molecule has 1 fully saturated rings. The highest BCUT2D eigenvalue weighted by molar-refractivity contribution is 7.89. The Hall–Kier alpha value is -2.23. The van der Waals surface area contributed by atoms with E-state index in [0.29, 0.717) is 19.0 Å². The third kappa shape index (κ3) is 3.41. The minimum absolute atomic E-state index is 0.0949. The first kappa shape index (κ1) is 15.7. The van der Waals surface area contributed by atoms with Crippen molar-refractivity contribution in [2.75, 3.05) is 31.6 Å². The first-order valence-corrected chi connectivity index (χ1v) is 8.41. The van der Waals surface area contributed by atoms with Gasteiger partial charge in [0, 0.05) is 19.3 Å². The minimum atomic E-state index is -3.76. The number of hydrogen-bond acceptors (Lipinski definition) is 6. The number of ether oxygens (including phenoxy) is 1. The molecule has 1 N–H and O–H groups in total. The molecule has 3 rings (SSSR count). The zero-order chi connectivity index (χ0) is 16.3. The van der Waals surface area contributed by atoms with Gasteiger partial charge < -0.3 is 14.5 Å². The fraction of sp³-hybridized carbons (Fsp3) is 0.286. The van der Waals surface area contributed by atoms with Crippen LogP contribution in [0.15, 0.2) is 46.0 Å². The monoisotopic (exact) mass is 337 g/mol. The van der Waals surface area contributed by atoms with Gasteiger partial charge in [0.05, 0.1) is 13.2 Å². The van der Waals surface area contributed by atoms with Crippen molar-refractivity contribution in [1.82, 2.24) is 9.29 Å². The van der Waals surface area contributed by atoms with Crippen LogP contribution in [0.3, 0.4) is 0 Å². The van der Waals surface area contributed by atoms with E-state index < -0.39 is 15.9 Å². The number of aromatic nitrogens is 1. The molecule has 23 heavy (non-hydrogen) atoms. The molecule has 3 heterocycles. The maximum Gasteiger partial charge on any atom is 0.292 e. The molecule has 0 unspecified atom stereocenters. The molecule has 1 amide bonds. The van der Waals surface area contributed by atoms with Crippen LogP contribution in [0, 0.1) is 0 Å². The van der Waals surface area contributed by atoms with Gasteiger partial charge in [0.15, 0.2) is 5.76 Å². The van der Waals surface area contributed by atoms with E-state index in [1.165, 1.54) is 22.6 Å². The number of carbonyl (C=O) groups excluding carboxylic acids is 1. The topological polar surface area (TPSA) is 102 Å². The summed E-state index contributed by atoms with van der Waals surface area (Å²) in [6.45, 7) is 1.21. The lowest BCUT2D eigenvalue weighted by molar-refractivity contribution is 0.0723. The highest BCUT2D eigenvalue weighted by Crippen LogP contribution is 2.20. The number of hydrogen-bond donors (Lipinski definition) is 1. The molecule has 0 aliphatic carbocycles. The molecule has 0 bridgehead atoms. The number of nitrogens with one attached hydrogen (secondary N) is 1. The van der Waals surface area contributed by atoms with Crippen LogP contribution < -0.4 is 5.32 Å². The van der Waals surface area contributed by atoms with Crippen molar-refractivity contribution >= 4 is 21.7 Å². The Morgan fingerprint density at radius 2 is 1.96 bits per heavy atom. The average molecular weight is 337 g/mol. The molecule has 1 aliphatic heterocycles. The smallest absolute Gasteiger partial charge is 0.292 e. The lowest BCUT2D eigenvalue weighted by atomic mass is 10.4. The van der Waals surface area contributed by atoms with E-state index in [9.17, 15) is 13.2 Å². The maximum absolute atomic E-state index is 12.4. The van der Waals surface area contributed by atoms with Crippen LogP contribution in [0.1, 0.15) is 10.6 Å². The van der Waals surface area contributed by atoms with E-state index >= 15 is 0 Å². The summed E-state index contributed by atoms with van der Waals surface area (Å²) in [6.07, 6.45) is 1.53. The predicted molar refractivity (Wildman–Crippen MR) is 80.5 cm³/mol. The molecule has 0 aromatic carbocycles. The quantitative estimate of drug-likeness (QED) is 0.891. The van der Waals surface area contributed by atoms with Gasteiger partial charge in [-0.1, -0.05) is 6.07 Å². The Balaban J connectivity index is 1.76. The van der Waals surface area contributed by atoms with E-state index in [1.54, 1.807) is 18.2 Å². The molecule has 1 aliphatic rings. The molecule has 122 valence electrons. The third-order valence-electron chi connectivity index (χ3n) is 3.28. The van der Waals surface area contributed by atoms with E-state index in [4.69, 9.17) is 9.15 Å². The van der Waals surface area contributed by atoms with Crippen molar-refractivity contribution in [2.45, 2.75) is 5.09 Å². The van der Waals surface area contributed by atoms with Crippen LogP contribution in [0.5, 0.6) is 0 Å². The Labute approximate surface area is 133 Å². The van der Waals surface area contributed by atoms with E-state index in [0.717, 1.165) is 0 Å². The number of rotatable bonds is 4. The summed E-state index contributed by atoms with van der Waals surface area (Å²) < 4.78 is 36.5. The fourth-order valence-electron chi connectivity index (χ4n) is 2.11. The summed E-state index contributed by atoms with van der Waals surface area (Å²) in [6, 6.07) is 7.66. The van der Waals surface area contributed by atoms with Gasteiger partial charge in [0.2, 0.25) is 5.09 Å². The second-order valence-corrected chi connectivity index (χ2v) is 6.67. The largest absolute Gasteiger partial charge is 0.438 e. The molecule has 0 saturated carbocycles. The van der Waals surface area contributed by atoms with Gasteiger partial charge in [0.25, 0.3) is 15.9 Å². The molecule has 9 heteroatoms. The molecular formula is C14H15N3O5S. The van der Waals surface area contributed by atoms with E-state index in [-0.39, 0.29) is 23.9 Å². The average Bonchev–Trinajstić information content (AvgIpc) is 3.07. The Morgan fingerprint density at radius 1 is 1.17 bits per heavy atom. The van der Waals surface area contributed by atoms with Gasteiger partial charge in [-0.15, -0.1) is 0 Å². The summed E-state index contributed by atoms with van der Waals surface area (Å²) in [5.41, 5.74) is 0. The van der Waals surface area contributed by atoms with Crippen molar-refractivity contribution in [3.05, 3.63) is 42.3 Å². The van der Waals surface area contributed by atoms with Crippen molar-refractivity contribution < 1.29 is 22.4 Å². The lowest BCUT2D eigenvalue weighted by Gasteiger charge is -2.24. The Bertz CT molecular complexity index is 782. The first-order chi connectivity index (χ1) is 11.1. The van der Waals surface area contributed by atoms with Gasteiger partial charge in [-0.2, -0.15) is 4.31 Å².